The fourth-order valence-corrected chi connectivity index (χ4v) is 10.1. The largest absolute Gasteiger partial charge is 0.379 e. The summed E-state index contributed by atoms with van der Waals surface area (Å²) in [5.41, 5.74) is 4.00. The Hall–Kier alpha value is -3.14. The molecule has 2 amide bonds. The number of nitrogens with zero attached hydrogens (tertiary/aromatic N) is 4. The minimum atomic E-state index is -0.444. The molecule has 0 bridgehead atoms. The summed E-state index contributed by atoms with van der Waals surface area (Å²) in [6, 6.07) is 7.68. The van der Waals surface area contributed by atoms with E-state index in [1.165, 1.54) is 4.88 Å². The highest BCUT2D eigenvalue weighted by atomic mass is 35.5. The number of hydrogen-bond donors (Lipinski definition) is 2. The van der Waals surface area contributed by atoms with Crippen LogP contribution in [0.2, 0.25) is 5.02 Å². The van der Waals surface area contributed by atoms with Gasteiger partial charge in [0, 0.05) is 70.9 Å². The van der Waals surface area contributed by atoms with Gasteiger partial charge < -0.3 is 24.8 Å². The van der Waals surface area contributed by atoms with Gasteiger partial charge in [0.15, 0.2) is 5.82 Å². The Morgan fingerprint density at radius 2 is 1.53 bits per heavy atom. The second-order valence-electron chi connectivity index (χ2n) is 14.4. The Morgan fingerprint density at radius 1 is 0.873 bits per heavy atom. The van der Waals surface area contributed by atoms with E-state index in [1.54, 1.807) is 17.7 Å². The molecule has 0 radical (unpaired) electrons. The average Bonchev–Trinajstić information content (AvgIpc) is 3.94. The molecule has 3 aromatic rings. The molecule has 1 unspecified atom stereocenters. The molecule has 12 nitrogen and oxygen atoms in total. The van der Waals surface area contributed by atoms with Crippen LogP contribution in [-0.4, -0.2) is 101 Å². The van der Waals surface area contributed by atoms with Crippen LogP contribution in [0.25, 0.3) is 5.00 Å². The maximum atomic E-state index is 13.2. The first-order valence-electron chi connectivity index (χ1n) is 19.6. The van der Waals surface area contributed by atoms with Crippen molar-refractivity contribution in [2.45, 2.75) is 108 Å². The molecule has 6 rings (SSSR count). The van der Waals surface area contributed by atoms with Gasteiger partial charge in [-0.3, -0.25) is 19.1 Å². The van der Waals surface area contributed by atoms with Crippen molar-refractivity contribution in [3.05, 3.63) is 63.0 Å². The van der Waals surface area contributed by atoms with Crippen molar-refractivity contribution < 1.29 is 28.6 Å². The zero-order valence-corrected chi connectivity index (χ0v) is 34.2. The van der Waals surface area contributed by atoms with Gasteiger partial charge in [0.1, 0.15) is 28.9 Å². The Kier molecular flexibility index (Phi) is 15.7. The van der Waals surface area contributed by atoms with Crippen molar-refractivity contribution in [3.63, 3.8) is 0 Å². The molecule has 15 heteroatoms. The van der Waals surface area contributed by atoms with Crippen molar-refractivity contribution in [1.29, 1.82) is 0 Å². The van der Waals surface area contributed by atoms with E-state index >= 15 is 0 Å². The van der Waals surface area contributed by atoms with Crippen LogP contribution < -0.4 is 10.6 Å². The van der Waals surface area contributed by atoms with Crippen molar-refractivity contribution in [2.75, 3.05) is 45.4 Å². The highest BCUT2D eigenvalue weighted by Crippen LogP contribution is 2.39. The SMILES string of the molecule is Cc1sc2c(c1C)C(c1ccc(Cl)cc1)=NC(CC(=O)CCCCOCCOCCOCCCCC(=O)CCCC[C@H]1SC[C@H]3NC(=O)N[C@H]31)c1nncn1-2. The molecule has 2 N–H and O–H groups in total. The second kappa shape index (κ2) is 20.9. The van der Waals surface area contributed by atoms with Gasteiger partial charge in [0.25, 0.3) is 0 Å². The van der Waals surface area contributed by atoms with Crippen LogP contribution in [0.5, 0.6) is 0 Å². The van der Waals surface area contributed by atoms with Gasteiger partial charge >= 0.3 is 6.03 Å². The number of thiophene rings is 1. The fourth-order valence-electron chi connectivity index (χ4n) is 7.27. The zero-order valence-electron chi connectivity index (χ0n) is 31.9. The summed E-state index contributed by atoms with van der Waals surface area (Å²) in [5, 5.41) is 16.7. The van der Waals surface area contributed by atoms with E-state index in [-0.39, 0.29) is 30.3 Å². The van der Waals surface area contributed by atoms with E-state index in [2.05, 4.69) is 34.7 Å². The number of carbonyl (C=O) groups is 3. The number of amides is 2. The maximum Gasteiger partial charge on any atom is 0.315 e. The molecule has 5 heterocycles. The number of aromatic nitrogens is 3. The standard InChI is InChI=1S/C40H53ClN6O6S2/c1-26-27(2)55-39-35(26)36(28-13-15-29(41)16-14-28)43-32(38-46-42-25-47(38)39)23-31(49)11-6-8-18-52-20-22-53-21-19-51-17-7-5-10-30(48)9-3-4-12-34-37-33(24-54-34)44-40(50)45-37/h13-16,25,32-34,37H,3-12,17-24H2,1-2H3,(H2,44,45,50)/t32?,33-,34-,37-/m1/s1. The first kappa shape index (κ1) is 41.5. The van der Waals surface area contributed by atoms with Crippen LogP contribution >= 0.6 is 34.7 Å². The molecule has 298 valence electrons. The average molecular weight is 813 g/mol. The molecule has 0 aliphatic carbocycles. The molecule has 1 aromatic carbocycles. The third-order valence-corrected chi connectivity index (χ3v) is 13.4. The summed E-state index contributed by atoms with van der Waals surface area (Å²) in [6.45, 7) is 7.41. The highest BCUT2D eigenvalue weighted by Gasteiger charge is 2.42. The molecule has 2 aromatic heterocycles. The first-order valence-corrected chi connectivity index (χ1v) is 21.8. The minimum Gasteiger partial charge on any atom is -0.379 e. The van der Waals surface area contributed by atoms with Crippen LogP contribution in [0.4, 0.5) is 4.79 Å². The predicted molar refractivity (Wildman–Crippen MR) is 217 cm³/mol. The first-order chi connectivity index (χ1) is 26.8. The number of rotatable bonds is 24. The molecule has 0 spiro atoms. The number of carbonyl (C=O) groups excluding carboxylic acids is 3. The van der Waals surface area contributed by atoms with E-state index in [4.69, 9.17) is 30.8 Å². The molecular weight excluding hydrogens is 760 g/mol. The van der Waals surface area contributed by atoms with Crippen molar-refractivity contribution in [1.82, 2.24) is 25.4 Å². The highest BCUT2D eigenvalue weighted by molar-refractivity contribution is 8.00. The number of benzene rings is 1. The van der Waals surface area contributed by atoms with E-state index in [0.29, 0.717) is 80.8 Å². The van der Waals surface area contributed by atoms with E-state index < -0.39 is 6.04 Å². The molecule has 0 saturated carbocycles. The van der Waals surface area contributed by atoms with Crippen LogP contribution in [0.15, 0.2) is 35.6 Å². The predicted octanol–water partition coefficient (Wildman–Crippen LogP) is 7.14. The summed E-state index contributed by atoms with van der Waals surface area (Å²) >= 11 is 9.81. The van der Waals surface area contributed by atoms with E-state index in [9.17, 15) is 14.4 Å². The van der Waals surface area contributed by atoms with Gasteiger partial charge in [0.05, 0.1) is 44.2 Å². The third kappa shape index (κ3) is 11.5. The van der Waals surface area contributed by atoms with E-state index in [0.717, 1.165) is 78.1 Å². The van der Waals surface area contributed by atoms with Gasteiger partial charge in [-0.25, -0.2) is 4.79 Å². The number of unbranched alkanes of at least 4 members (excludes halogenated alkanes) is 3. The van der Waals surface area contributed by atoms with Gasteiger partial charge in [-0.15, -0.1) is 21.5 Å². The summed E-state index contributed by atoms with van der Waals surface area (Å²) in [5.74, 6) is 2.11. The molecule has 2 saturated heterocycles. The van der Waals surface area contributed by atoms with Gasteiger partial charge in [-0.1, -0.05) is 30.2 Å². The molecule has 4 atom stereocenters. The van der Waals surface area contributed by atoms with Gasteiger partial charge in [-0.2, -0.15) is 11.8 Å². The number of hydrogen-bond acceptors (Lipinski definition) is 11. The monoisotopic (exact) mass is 812 g/mol. The fraction of sp³-hybridized carbons (Fsp3) is 0.600. The molecule has 3 aliphatic rings. The number of aliphatic imine (C=N–C) groups is 1. The summed E-state index contributed by atoms with van der Waals surface area (Å²) in [4.78, 5) is 43.3. The van der Waals surface area contributed by atoms with Crippen LogP contribution in [-0.2, 0) is 23.8 Å². The lowest BCUT2D eigenvalue weighted by Crippen LogP contribution is -2.36. The van der Waals surface area contributed by atoms with Crippen LogP contribution in [0, 0.1) is 13.8 Å². The lowest BCUT2D eigenvalue weighted by Gasteiger charge is -2.16. The van der Waals surface area contributed by atoms with Crippen LogP contribution in [0.1, 0.15) is 104 Å². The molecule has 55 heavy (non-hydrogen) atoms. The smallest absolute Gasteiger partial charge is 0.315 e. The van der Waals surface area contributed by atoms with Crippen LogP contribution in [0.3, 0.4) is 0 Å². The number of nitrogens with one attached hydrogen (secondary N) is 2. The second-order valence-corrected chi connectivity index (χ2v) is 17.3. The summed E-state index contributed by atoms with van der Waals surface area (Å²) < 4.78 is 19.0. The normalized spacial score (nSPS) is 20.0. The number of thioether (sulfide) groups is 1. The minimum absolute atomic E-state index is 0.0491. The van der Waals surface area contributed by atoms with Crippen molar-refractivity contribution in [3.8, 4) is 5.00 Å². The number of fused-ring (bicyclic) bond motifs is 4. The summed E-state index contributed by atoms with van der Waals surface area (Å²) in [6.07, 6.45) is 9.86. The number of halogens is 1. The van der Waals surface area contributed by atoms with Crippen molar-refractivity contribution in [2.24, 2.45) is 4.99 Å². The lowest BCUT2D eigenvalue weighted by molar-refractivity contribution is -0.120. The summed E-state index contributed by atoms with van der Waals surface area (Å²) in [7, 11) is 0. The topological polar surface area (TPSA) is 146 Å². The quantitative estimate of drug-likeness (QED) is 0.0713. The lowest BCUT2D eigenvalue weighted by atomic mass is 9.99. The molecular formula is C40H53ClN6O6S2. The van der Waals surface area contributed by atoms with Gasteiger partial charge in [0.2, 0.25) is 0 Å². The Balaban J connectivity index is 0.773. The van der Waals surface area contributed by atoms with E-state index in [1.807, 2.05) is 40.6 Å². The number of ether oxygens (including phenoxy) is 3. The Morgan fingerprint density at radius 3 is 2.24 bits per heavy atom. The van der Waals surface area contributed by atoms with Crippen molar-refractivity contribution >= 4 is 58.0 Å². The molecule has 2 fully saturated rings. The third-order valence-electron chi connectivity index (χ3n) is 10.4. The maximum absolute atomic E-state index is 13.2. The van der Waals surface area contributed by atoms with Gasteiger partial charge in [-0.05, 0) is 70.1 Å². The molecule has 3 aliphatic heterocycles. The number of Topliss-reactive ketones (excluding diaryl/α,β-unsaturated/α-hetero) is 2. The number of ketones is 2. The number of aryl methyl sites for hydroxylation is 1. The Labute approximate surface area is 336 Å². The number of urea groups is 1. The zero-order chi connectivity index (χ0) is 38.6. The Bertz CT molecular complexity index is 1780.